The molecule has 0 radical (unpaired) electrons. The molecular weight excluding hydrogens is 246 g/mol. The molecule has 0 saturated carbocycles. The van der Waals surface area contributed by atoms with Gasteiger partial charge in [-0.25, -0.2) is 4.98 Å². The number of nitrogens with two attached hydrogens (primary N) is 1. The minimum atomic E-state index is -0.316. The molecule has 7 nitrogen and oxygen atoms in total. The Morgan fingerprint density at radius 2 is 2.16 bits per heavy atom. The van der Waals surface area contributed by atoms with Crippen LogP contribution in [0.2, 0.25) is 0 Å². The molecule has 0 aromatic carbocycles. The maximum atomic E-state index is 11.8. The summed E-state index contributed by atoms with van der Waals surface area (Å²) in [4.78, 5) is 15.8. The van der Waals surface area contributed by atoms with Gasteiger partial charge in [-0.05, 0) is 17.7 Å². The molecule has 3 N–H and O–H groups in total. The Hall–Kier alpha value is -2.70. The standard InChI is InChI=1S/C12H13N5O2/c1-19-11-5-2-8(6-14-11)7-15-12(18)9-3-4-10(13)17-16-9/h2-6H,7H2,1H3,(H2,13,17)(H,15,18). The van der Waals surface area contributed by atoms with Crippen LogP contribution in [0, 0.1) is 0 Å². The number of anilines is 1. The molecule has 2 aromatic rings. The van der Waals surface area contributed by atoms with Gasteiger partial charge in [0.05, 0.1) is 7.11 Å². The van der Waals surface area contributed by atoms with E-state index in [2.05, 4.69) is 20.5 Å². The van der Waals surface area contributed by atoms with E-state index >= 15 is 0 Å². The first-order valence-corrected chi connectivity index (χ1v) is 5.55. The van der Waals surface area contributed by atoms with Crippen LogP contribution in [0.1, 0.15) is 16.1 Å². The summed E-state index contributed by atoms with van der Waals surface area (Å²) < 4.78 is 4.95. The average molecular weight is 259 g/mol. The molecule has 0 bridgehead atoms. The van der Waals surface area contributed by atoms with Crippen LogP contribution in [-0.2, 0) is 6.54 Å². The first-order valence-electron chi connectivity index (χ1n) is 5.55. The second-order valence-corrected chi connectivity index (χ2v) is 3.73. The van der Waals surface area contributed by atoms with E-state index < -0.39 is 0 Å². The van der Waals surface area contributed by atoms with Crippen molar-refractivity contribution in [2.75, 3.05) is 12.8 Å². The number of hydrogen-bond donors (Lipinski definition) is 2. The minimum Gasteiger partial charge on any atom is -0.481 e. The number of carbonyl (C=O) groups excluding carboxylic acids is 1. The number of nitrogens with zero attached hydrogens (tertiary/aromatic N) is 3. The number of nitrogen functional groups attached to an aromatic ring is 1. The van der Waals surface area contributed by atoms with Gasteiger partial charge >= 0.3 is 0 Å². The first kappa shape index (κ1) is 12.7. The van der Waals surface area contributed by atoms with E-state index in [0.717, 1.165) is 5.56 Å². The average Bonchev–Trinajstić information content (AvgIpc) is 2.46. The monoisotopic (exact) mass is 259 g/mol. The molecule has 7 heteroatoms. The van der Waals surface area contributed by atoms with Crippen molar-refractivity contribution in [1.82, 2.24) is 20.5 Å². The van der Waals surface area contributed by atoms with Gasteiger partial charge in [0.1, 0.15) is 5.82 Å². The summed E-state index contributed by atoms with van der Waals surface area (Å²) in [5.74, 6) is 0.485. The number of methoxy groups -OCH3 is 1. The molecule has 2 rings (SSSR count). The van der Waals surface area contributed by atoms with Gasteiger partial charge in [-0.2, -0.15) is 0 Å². The van der Waals surface area contributed by atoms with E-state index in [0.29, 0.717) is 12.4 Å². The smallest absolute Gasteiger partial charge is 0.272 e. The van der Waals surface area contributed by atoms with E-state index in [9.17, 15) is 4.79 Å². The summed E-state index contributed by atoms with van der Waals surface area (Å²) in [7, 11) is 1.55. The number of ether oxygens (including phenoxy) is 1. The number of pyridine rings is 1. The molecule has 98 valence electrons. The number of hydrogen-bond acceptors (Lipinski definition) is 6. The Morgan fingerprint density at radius 1 is 1.32 bits per heavy atom. The fourth-order valence-electron chi connectivity index (χ4n) is 1.37. The molecule has 0 aliphatic rings. The van der Waals surface area contributed by atoms with Gasteiger partial charge in [-0.3, -0.25) is 4.79 Å². The van der Waals surface area contributed by atoms with Crippen molar-refractivity contribution in [3.8, 4) is 5.88 Å². The van der Waals surface area contributed by atoms with Crippen LogP contribution in [0.25, 0.3) is 0 Å². The van der Waals surface area contributed by atoms with E-state index in [4.69, 9.17) is 10.5 Å². The SMILES string of the molecule is COc1ccc(CNC(=O)c2ccc(N)nn2)cn1. The predicted octanol–water partition coefficient (Wildman–Crippen LogP) is 0.392. The minimum absolute atomic E-state index is 0.218. The topological polar surface area (TPSA) is 103 Å². The van der Waals surface area contributed by atoms with Crippen LogP contribution in [-0.4, -0.2) is 28.2 Å². The van der Waals surface area contributed by atoms with Gasteiger partial charge in [0.25, 0.3) is 5.91 Å². The Balaban J connectivity index is 1.94. The fraction of sp³-hybridized carbons (Fsp3) is 0.167. The molecule has 0 unspecified atom stereocenters. The van der Waals surface area contributed by atoms with Crippen molar-refractivity contribution >= 4 is 11.7 Å². The lowest BCUT2D eigenvalue weighted by atomic mass is 10.2. The zero-order valence-corrected chi connectivity index (χ0v) is 10.3. The number of carbonyl (C=O) groups is 1. The Labute approximate surface area is 109 Å². The van der Waals surface area contributed by atoms with Crippen molar-refractivity contribution < 1.29 is 9.53 Å². The maximum Gasteiger partial charge on any atom is 0.272 e. The normalized spacial score (nSPS) is 9.95. The highest BCUT2D eigenvalue weighted by molar-refractivity contribution is 5.92. The van der Waals surface area contributed by atoms with Crippen molar-refractivity contribution in [3.63, 3.8) is 0 Å². The molecule has 0 aliphatic carbocycles. The summed E-state index contributed by atoms with van der Waals surface area (Å²) in [5.41, 5.74) is 6.47. The molecule has 0 atom stereocenters. The van der Waals surface area contributed by atoms with Crippen LogP contribution < -0.4 is 15.8 Å². The lowest BCUT2D eigenvalue weighted by Gasteiger charge is -2.05. The highest BCUT2D eigenvalue weighted by atomic mass is 16.5. The second kappa shape index (κ2) is 5.76. The van der Waals surface area contributed by atoms with Crippen LogP contribution in [0.4, 0.5) is 5.82 Å². The van der Waals surface area contributed by atoms with Crippen LogP contribution in [0.5, 0.6) is 5.88 Å². The third-order valence-corrected chi connectivity index (χ3v) is 2.38. The van der Waals surface area contributed by atoms with Crippen LogP contribution in [0.3, 0.4) is 0 Å². The van der Waals surface area contributed by atoms with Gasteiger partial charge < -0.3 is 15.8 Å². The number of nitrogens with one attached hydrogen (secondary N) is 1. The lowest BCUT2D eigenvalue weighted by Crippen LogP contribution is -2.24. The second-order valence-electron chi connectivity index (χ2n) is 3.73. The van der Waals surface area contributed by atoms with Gasteiger partial charge in [-0.15, -0.1) is 10.2 Å². The number of aromatic nitrogens is 3. The predicted molar refractivity (Wildman–Crippen MR) is 68.4 cm³/mol. The third-order valence-electron chi connectivity index (χ3n) is 2.38. The Morgan fingerprint density at radius 3 is 2.74 bits per heavy atom. The fourth-order valence-corrected chi connectivity index (χ4v) is 1.37. The summed E-state index contributed by atoms with van der Waals surface area (Å²) in [5, 5.41) is 10.0. The van der Waals surface area contributed by atoms with Gasteiger partial charge in [0.2, 0.25) is 5.88 Å². The third kappa shape index (κ3) is 3.38. The van der Waals surface area contributed by atoms with Crippen molar-refractivity contribution in [3.05, 3.63) is 41.7 Å². The summed E-state index contributed by atoms with van der Waals surface area (Å²) in [6.45, 7) is 0.349. The Kier molecular flexibility index (Phi) is 3.87. The summed E-state index contributed by atoms with van der Waals surface area (Å²) >= 11 is 0. The van der Waals surface area contributed by atoms with Crippen molar-refractivity contribution in [2.24, 2.45) is 0 Å². The van der Waals surface area contributed by atoms with E-state index in [-0.39, 0.29) is 17.4 Å². The zero-order chi connectivity index (χ0) is 13.7. The maximum absolute atomic E-state index is 11.8. The first-order chi connectivity index (χ1) is 9.19. The van der Waals surface area contributed by atoms with E-state index in [1.54, 1.807) is 19.4 Å². The van der Waals surface area contributed by atoms with Gasteiger partial charge in [0.15, 0.2) is 5.69 Å². The van der Waals surface area contributed by atoms with Gasteiger partial charge in [-0.1, -0.05) is 6.07 Å². The molecule has 0 aliphatic heterocycles. The van der Waals surface area contributed by atoms with Crippen LogP contribution in [0.15, 0.2) is 30.5 Å². The molecule has 0 spiro atoms. The summed E-state index contributed by atoms with van der Waals surface area (Å²) in [6.07, 6.45) is 1.63. The zero-order valence-electron chi connectivity index (χ0n) is 10.3. The van der Waals surface area contributed by atoms with Gasteiger partial charge in [0, 0.05) is 18.8 Å². The molecule has 1 amide bonds. The lowest BCUT2D eigenvalue weighted by molar-refractivity contribution is 0.0945. The molecular formula is C12H13N5O2. The molecule has 2 aromatic heterocycles. The molecule has 2 heterocycles. The Bertz CT molecular complexity index is 553. The van der Waals surface area contributed by atoms with E-state index in [1.165, 1.54) is 12.1 Å². The van der Waals surface area contributed by atoms with E-state index in [1.807, 2.05) is 6.07 Å². The summed E-state index contributed by atoms with van der Waals surface area (Å²) in [6, 6.07) is 6.59. The van der Waals surface area contributed by atoms with Crippen molar-refractivity contribution in [1.29, 1.82) is 0 Å². The van der Waals surface area contributed by atoms with Crippen LogP contribution >= 0.6 is 0 Å². The highest BCUT2D eigenvalue weighted by Crippen LogP contribution is 2.06. The number of rotatable bonds is 4. The van der Waals surface area contributed by atoms with Crippen molar-refractivity contribution in [2.45, 2.75) is 6.54 Å². The molecule has 0 fully saturated rings. The quantitative estimate of drug-likeness (QED) is 0.823. The highest BCUT2D eigenvalue weighted by Gasteiger charge is 2.07. The molecule has 0 saturated heterocycles. The molecule has 19 heavy (non-hydrogen) atoms. The largest absolute Gasteiger partial charge is 0.481 e. The number of amides is 1.